The Bertz CT molecular complexity index is 997. The minimum Gasteiger partial charge on any atom is -0.466 e. The first kappa shape index (κ1) is 21.6. The maximum atomic E-state index is 14.1. The van der Waals surface area contributed by atoms with Crippen molar-refractivity contribution in [2.45, 2.75) is 32.6 Å². The number of carbonyl (C=O) groups is 2. The summed E-state index contributed by atoms with van der Waals surface area (Å²) in [5, 5.41) is 0. The van der Waals surface area contributed by atoms with Gasteiger partial charge in [-0.3, -0.25) is 20.4 Å². The molecule has 0 fully saturated rings. The number of hydrazine groups is 1. The molecule has 1 aromatic heterocycles. The number of hydrogen-bond acceptors (Lipinski definition) is 5. The van der Waals surface area contributed by atoms with Crippen molar-refractivity contribution in [1.82, 2.24) is 15.2 Å². The van der Waals surface area contributed by atoms with E-state index >= 15 is 0 Å². The molecule has 2 N–H and O–H groups in total. The van der Waals surface area contributed by atoms with Crippen molar-refractivity contribution in [2.75, 3.05) is 13.1 Å². The van der Waals surface area contributed by atoms with Crippen LogP contribution in [0.3, 0.4) is 0 Å². The van der Waals surface area contributed by atoms with E-state index in [1.807, 2.05) is 0 Å². The molecule has 10 heteroatoms. The minimum absolute atomic E-state index is 0.213. The fourth-order valence-electron chi connectivity index (χ4n) is 2.66. The average Bonchev–Trinajstić information content (AvgIpc) is 2.98. The lowest BCUT2D eigenvalue weighted by atomic mass is 10.2. The van der Waals surface area contributed by atoms with Crippen LogP contribution in [0.1, 0.15) is 46.1 Å². The normalized spacial score (nSPS) is 11.5. The lowest BCUT2D eigenvalue weighted by Gasteiger charge is -2.19. The predicted octanol–water partition coefficient (Wildman–Crippen LogP) is 2.14. The van der Waals surface area contributed by atoms with Crippen LogP contribution in [0, 0.1) is 19.7 Å². The quantitative estimate of drug-likeness (QED) is 0.708. The van der Waals surface area contributed by atoms with Crippen molar-refractivity contribution in [3.05, 3.63) is 52.7 Å². The van der Waals surface area contributed by atoms with Crippen LogP contribution in [0.5, 0.6) is 0 Å². The van der Waals surface area contributed by atoms with Gasteiger partial charge in [-0.1, -0.05) is 13.8 Å². The number of aryl methyl sites for hydroxylation is 2. The summed E-state index contributed by atoms with van der Waals surface area (Å²) >= 11 is 0. The molecule has 0 saturated heterocycles. The zero-order chi connectivity index (χ0) is 21.1. The van der Waals surface area contributed by atoms with E-state index < -0.39 is 33.2 Å². The molecular weight excluding hydrogens is 389 g/mol. The Morgan fingerprint density at radius 2 is 1.61 bits per heavy atom. The Hall–Kier alpha value is -2.72. The summed E-state index contributed by atoms with van der Waals surface area (Å²) in [6, 6.07) is 4.43. The van der Waals surface area contributed by atoms with Gasteiger partial charge in [-0.15, -0.1) is 0 Å². The Balaban J connectivity index is 2.21. The second kappa shape index (κ2) is 8.53. The molecule has 2 aromatic rings. The molecule has 0 aliphatic carbocycles. The molecule has 0 unspecified atom stereocenters. The van der Waals surface area contributed by atoms with E-state index in [1.54, 1.807) is 27.7 Å². The number of furan rings is 1. The summed E-state index contributed by atoms with van der Waals surface area (Å²) < 4.78 is 45.6. The second-order valence-electron chi connectivity index (χ2n) is 5.97. The highest BCUT2D eigenvalue weighted by Gasteiger charge is 2.24. The van der Waals surface area contributed by atoms with Crippen LogP contribution < -0.4 is 10.9 Å². The predicted molar refractivity (Wildman–Crippen MR) is 99.6 cm³/mol. The monoisotopic (exact) mass is 411 g/mol. The van der Waals surface area contributed by atoms with Crippen LogP contribution >= 0.6 is 0 Å². The van der Waals surface area contributed by atoms with Crippen LogP contribution in [0.2, 0.25) is 0 Å². The van der Waals surface area contributed by atoms with E-state index in [0.29, 0.717) is 11.5 Å². The molecule has 0 radical (unpaired) electrons. The Labute approximate surface area is 162 Å². The van der Waals surface area contributed by atoms with Crippen LogP contribution in [0.15, 0.2) is 33.6 Å². The summed E-state index contributed by atoms with van der Waals surface area (Å²) in [6.45, 7) is 7.07. The topological polar surface area (TPSA) is 109 Å². The first-order valence-electron chi connectivity index (χ1n) is 8.59. The molecule has 0 atom stereocenters. The van der Waals surface area contributed by atoms with Gasteiger partial charge in [0.2, 0.25) is 10.0 Å². The Morgan fingerprint density at radius 1 is 1.04 bits per heavy atom. The third-order valence-electron chi connectivity index (χ3n) is 4.10. The third-order valence-corrected chi connectivity index (χ3v) is 6.15. The molecule has 2 rings (SSSR count). The number of nitrogens with zero attached hydrogens (tertiary/aromatic N) is 1. The van der Waals surface area contributed by atoms with E-state index in [9.17, 15) is 22.4 Å². The molecule has 8 nitrogen and oxygen atoms in total. The number of hydrogen-bond donors (Lipinski definition) is 2. The van der Waals surface area contributed by atoms with Gasteiger partial charge in [-0.05, 0) is 38.1 Å². The van der Waals surface area contributed by atoms with Gasteiger partial charge in [-0.2, -0.15) is 4.31 Å². The summed E-state index contributed by atoms with van der Waals surface area (Å²) in [6.07, 6.45) is 0. The van der Waals surface area contributed by atoms with Crippen LogP contribution in [0.25, 0.3) is 0 Å². The third kappa shape index (κ3) is 4.39. The molecule has 0 aliphatic rings. The highest BCUT2D eigenvalue weighted by molar-refractivity contribution is 7.89. The second-order valence-corrected chi connectivity index (χ2v) is 7.90. The van der Waals surface area contributed by atoms with Crippen LogP contribution in [-0.2, 0) is 10.0 Å². The lowest BCUT2D eigenvalue weighted by Crippen LogP contribution is -2.42. The smallest absolute Gasteiger partial charge is 0.273 e. The number of halogens is 1. The SMILES string of the molecule is CCN(CC)S(=O)(=O)c1ccc(F)c(C(=O)NNC(=O)c2cc(C)oc2C)c1. The minimum atomic E-state index is -3.86. The first-order valence-corrected chi connectivity index (χ1v) is 10.0. The summed E-state index contributed by atoms with van der Waals surface area (Å²) in [7, 11) is -3.86. The molecule has 0 aliphatic heterocycles. The summed E-state index contributed by atoms with van der Waals surface area (Å²) in [4.78, 5) is 24.2. The summed E-state index contributed by atoms with van der Waals surface area (Å²) in [5.41, 5.74) is 3.95. The van der Waals surface area contributed by atoms with Crippen molar-refractivity contribution in [1.29, 1.82) is 0 Å². The first-order chi connectivity index (χ1) is 13.1. The van der Waals surface area contributed by atoms with E-state index in [0.717, 1.165) is 18.2 Å². The molecule has 2 amide bonds. The number of carbonyl (C=O) groups excluding carboxylic acids is 2. The van der Waals surface area contributed by atoms with Gasteiger partial charge >= 0.3 is 0 Å². The summed E-state index contributed by atoms with van der Waals surface area (Å²) in [5.74, 6) is -1.66. The van der Waals surface area contributed by atoms with Gasteiger partial charge in [-0.25, -0.2) is 12.8 Å². The number of nitrogens with one attached hydrogen (secondary N) is 2. The van der Waals surface area contributed by atoms with E-state index in [-0.39, 0.29) is 23.5 Å². The Morgan fingerprint density at radius 3 is 2.11 bits per heavy atom. The van der Waals surface area contributed by atoms with Gasteiger partial charge in [0.1, 0.15) is 17.3 Å². The van der Waals surface area contributed by atoms with Crippen molar-refractivity contribution in [3.63, 3.8) is 0 Å². The number of sulfonamides is 1. The fourth-order valence-corrected chi connectivity index (χ4v) is 4.14. The Kier molecular flexibility index (Phi) is 6.57. The number of benzene rings is 1. The molecule has 0 spiro atoms. The zero-order valence-electron chi connectivity index (χ0n) is 16.0. The molecule has 1 aromatic carbocycles. The highest BCUT2D eigenvalue weighted by atomic mass is 32.2. The molecule has 152 valence electrons. The largest absolute Gasteiger partial charge is 0.466 e. The van der Waals surface area contributed by atoms with Gasteiger partial charge < -0.3 is 4.42 Å². The fraction of sp³-hybridized carbons (Fsp3) is 0.333. The maximum absolute atomic E-state index is 14.1. The van der Waals surface area contributed by atoms with E-state index in [2.05, 4.69) is 10.9 Å². The van der Waals surface area contributed by atoms with Crippen molar-refractivity contribution >= 4 is 21.8 Å². The van der Waals surface area contributed by atoms with Crippen molar-refractivity contribution in [3.8, 4) is 0 Å². The van der Waals surface area contributed by atoms with Gasteiger partial charge in [0.15, 0.2) is 0 Å². The highest BCUT2D eigenvalue weighted by Crippen LogP contribution is 2.19. The van der Waals surface area contributed by atoms with Gasteiger partial charge in [0.05, 0.1) is 16.0 Å². The van der Waals surface area contributed by atoms with E-state index in [4.69, 9.17) is 4.42 Å². The molecule has 0 saturated carbocycles. The van der Waals surface area contributed by atoms with Gasteiger partial charge in [0.25, 0.3) is 11.8 Å². The molecule has 1 heterocycles. The number of rotatable bonds is 6. The van der Waals surface area contributed by atoms with Crippen LogP contribution in [0.4, 0.5) is 4.39 Å². The van der Waals surface area contributed by atoms with Crippen molar-refractivity contribution < 1.29 is 26.8 Å². The van der Waals surface area contributed by atoms with Gasteiger partial charge in [0, 0.05) is 13.1 Å². The molecule has 0 bridgehead atoms. The van der Waals surface area contributed by atoms with Crippen molar-refractivity contribution in [2.24, 2.45) is 0 Å². The maximum Gasteiger partial charge on any atom is 0.273 e. The van der Waals surface area contributed by atoms with E-state index in [1.165, 1.54) is 10.4 Å². The number of amides is 2. The standard InChI is InChI=1S/C18H22FN3O5S/c1-5-22(6-2)28(25,26)13-7-8-16(19)15(10-13)18(24)21-20-17(23)14-9-11(3)27-12(14)4/h7-10H,5-6H2,1-4H3,(H,20,23)(H,21,24). The van der Waals surface area contributed by atoms with Crippen LogP contribution in [-0.4, -0.2) is 37.6 Å². The molecule has 28 heavy (non-hydrogen) atoms. The zero-order valence-corrected chi connectivity index (χ0v) is 16.8. The average molecular weight is 411 g/mol. The molecular formula is C18H22FN3O5S. The lowest BCUT2D eigenvalue weighted by molar-refractivity contribution is 0.0843.